The van der Waals surface area contributed by atoms with Crippen LogP contribution in [0.3, 0.4) is 0 Å². The Bertz CT molecular complexity index is 121. The van der Waals surface area contributed by atoms with Gasteiger partial charge in [-0.1, -0.05) is 6.08 Å². The van der Waals surface area contributed by atoms with Crippen molar-refractivity contribution in [2.75, 3.05) is 24.3 Å². The molecule has 0 aromatic heterocycles. The van der Waals surface area contributed by atoms with E-state index in [-0.39, 0.29) is 0 Å². The fourth-order valence-corrected chi connectivity index (χ4v) is 4.06. The largest absolute Gasteiger partial charge is 0.313 e. The van der Waals surface area contributed by atoms with Gasteiger partial charge in [0.2, 0.25) is 0 Å². The van der Waals surface area contributed by atoms with Crippen LogP contribution in [0.5, 0.6) is 0 Å². The Balaban J connectivity index is 2.35. The van der Waals surface area contributed by atoms with E-state index in [1.807, 2.05) is 13.1 Å². The van der Waals surface area contributed by atoms with Gasteiger partial charge in [-0.2, -0.15) is 23.5 Å². The van der Waals surface area contributed by atoms with E-state index in [1.54, 1.807) is 0 Å². The summed E-state index contributed by atoms with van der Waals surface area (Å²) in [6, 6.07) is 0.493. The third kappa shape index (κ3) is 2.73. The number of hydrogen-bond donors (Lipinski definition) is 1. The van der Waals surface area contributed by atoms with Crippen molar-refractivity contribution in [2.24, 2.45) is 0 Å². The van der Waals surface area contributed by atoms with Gasteiger partial charge >= 0.3 is 0 Å². The van der Waals surface area contributed by atoms with Gasteiger partial charge in [0.25, 0.3) is 0 Å². The fraction of sp³-hybridized carbons (Fsp3) is 0.750. The van der Waals surface area contributed by atoms with Crippen molar-refractivity contribution in [3.63, 3.8) is 0 Å². The first-order valence-electron chi connectivity index (χ1n) is 3.87. The van der Waals surface area contributed by atoms with Gasteiger partial charge in [-0.05, 0) is 7.05 Å². The van der Waals surface area contributed by atoms with Crippen molar-refractivity contribution >= 4 is 23.5 Å². The van der Waals surface area contributed by atoms with Crippen LogP contribution in [0.4, 0.5) is 0 Å². The molecular weight excluding hydrogens is 174 g/mol. The highest BCUT2D eigenvalue weighted by Crippen LogP contribution is 2.26. The van der Waals surface area contributed by atoms with Crippen LogP contribution in [0, 0.1) is 0 Å². The summed E-state index contributed by atoms with van der Waals surface area (Å²) < 4.78 is 0. The Morgan fingerprint density at radius 3 is 2.91 bits per heavy atom. The smallest absolute Gasteiger partial charge is 0.0372 e. The minimum atomic E-state index is 0.493. The lowest BCUT2D eigenvalue weighted by Gasteiger charge is -2.26. The normalized spacial score (nSPS) is 27.9. The summed E-state index contributed by atoms with van der Waals surface area (Å²) in [6.45, 7) is 3.82. The van der Waals surface area contributed by atoms with Crippen molar-refractivity contribution in [3.05, 3.63) is 12.7 Å². The second-order valence-electron chi connectivity index (χ2n) is 2.53. The van der Waals surface area contributed by atoms with E-state index in [0.717, 1.165) is 5.25 Å². The van der Waals surface area contributed by atoms with Crippen LogP contribution in [0.25, 0.3) is 0 Å². The molecule has 2 unspecified atom stereocenters. The van der Waals surface area contributed by atoms with E-state index in [1.165, 1.54) is 17.3 Å². The summed E-state index contributed by atoms with van der Waals surface area (Å²) in [5.41, 5.74) is 0. The topological polar surface area (TPSA) is 12.0 Å². The summed E-state index contributed by atoms with van der Waals surface area (Å²) >= 11 is 4.12. The summed E-state index contributed by atoms with van der Waals surface area (Å²) in [7, 11) is 2.01. The van der Waals surface area contributed by atoms with Crippen LogP contribution < -0.4 is 5.32 Å². The molecule has 0 amide bonds. The molecule has 0 spiro atoms. The fourth-order valence-electron chi connectivity index (χ4n) is 1.17. The Hall–Kier alpha value is 0.400. The summed E-state index contributed by atoms with van der Waals surface area (Å²) in [4.78, 5) is 0. The predicted octanol–water partition coefficient (Wildman–Crippen LogP) is 1.61. The SMILES string of the molecule is C=CC(NC)C1CSCCS1. The molecule has 1 aliphatic heterocycles. The molecule has 0 aromatic carbocycles. The van der Waals surface area contributed by atoms with E-state index in [0.29, 0.717) is 6.04 Å². The average Bonchev–Trinajstić information content (AvgIpc) is 2.09. The van der Waals surface area contributed by atoms with Crippen molar-refractivity contribution < 1.29 is 0 Å². The molecule has 0 aromatic rings. The van der Waals surface area contributed by atoms with Crippen molar-refractivity contribution in [1.29, 1.82) is 0 Å². The number of nitrogens with one attached hydrogen (secondary N) is 1. The van der Waals surface area contributed by atoms with Gasteiger partial charge in [0.05, 0.1) is 0 Å². The van der Waals surface area contributed by atoms with E-state index in [4.69, 9.17) is 0 Å². The molecule has 0 bridgehead atoms. The minimum Gasteiger partial charge on any atom is -0.313 e. The molecule has 0 aliphatic carbocycles. The lowest BCUT2D eigenvalue weighted by Crippen LogP contribution is -2.37. The van der Waals surface area contributed by atoms with Crippen LogP contribution in [0.2, 0.25) is 0 Å². The zero-order valence-corrected chi connectivity index (χ0v) is 8.51. The summed E-state index contributed by atoms with van der Waals surface area (Å²) in [5, 5.41) is 4.00. The van der Waals surface area contributed by atoms with Crippen LogP contribution in [0.15, 0.2) is 12.7 Å². The maximum atomic E-state index is 3.82. The molecule has 1 heterocycles. The molecule has 11 heavy (non-hydrogen) atoms. The molecular formula is C8H15NS2. The first-order valence-corrected chi connectivity index (χ1v) is 6.08. The molecule has 3 heteroatoms. The van der Waals surface area contributed by atoms with E-state index < -0.39 is 0 Å². The van der Waals surface area contributed by atoms with Crippen molar-refractivity contribution in [2.45, 2.75) is 11.3 Å². The highest BCUT2D eigenvalue weighted by atomic mass is 32.2. The van der Waals surface area contributed by atoms with Crippen LogP contribution >= 0.6 is 23.5 Å². The summed E-state index contributed by atoms with van der Waals surface area (Å²) in [6.07, 6.45) is 2.02. The Morgan fingerprint density at radius 2 is 2.45 bits per heavy atom. The van der Waals surface area contributed by atoms with Crippen LogP contribution in [-0.2, 0) is 0 Å². The second kappa shape index (κ2) is 5.12. The average molecular weight is 189 g/mol. The van der Waals surface area contributed by atoms with E-state index in [9.17, 15) is 0 Å². The van der Waals surface area contributed by atoms with Crippen LogP contribution in [-0.4, -0.2) is 35.6 Å². The minimum absolute atomic E-state index is 0.493. The van der Waals surface area contributed by atoms with Gasteiger partial charge in [-0.15, -0.1) is 6.58 Å². The Morgan fingerprint density at radius 1 is 1.64 bits per heavy atom. The first-order chi connectivity index (χ1) is 5.38. The molecule has 0 radical (unpaired) electrons. The standard InChI is InChI=1S/C8H15NS2/c1-3-7(9-2)8-6-10-4-5-11-8/h3,7-9H,1,4-6H2,2H3. The van der Waals surface area contributed by atoms with Gasteiger partial charge < -0.3 is 5.32 Å². The molecule has 1 aliphatic rings. The van der Waals surface area contributed by atoms with Gasteiger partial charge in [-0.25, -0.2) is 0 Å². The molecule has 1 N–H and O–H groups in total. The number of thioether (sulfide) groups is 2. The summed E-state index contributed by atoms with van der Waals surface area (Å²) in [5.74, 6) is 3.87. The maximum Gasteiger partial charge on any atom is 0.0372 e. The lowest BCUT2D eigenvalue weighted by atomic mass is 10.2. The van der Waals surface area contributed by atoms with Gasteiger partial charge in [0.1, 0.15) is 0 Å². The zero-order chi connectivity index (χ0) is 8.10. The molecule has 64 valence electrons. The Kier molecular flexibility index (Phi) is 4.41. The Labute approximate surface area is 77.4 Å². The predicted molar refractivity (Wildman–Crippen MR) is 56.6 cm³/mol. The maximum absolute atomic E-state index is 3.82. The molecule has 1 saturated heterocycles. The molecule has 1 fully saturated rings. The van der Waals surface area contributed by atoms with Gasteiger partial charge in [-0.3, -0.25) is 0 Å². The first kappa shape index (κ1) is 9.49. The van der Waals surface area contributed by atoms with Gasteiger partial charge in [0.15, 0.2) is 0 Å². The van der Waals surface area contributed by atoms with Gasteiger partial charge in [0, 0.05) is 28.6 Å². The molecule has 2 atom stereocenters. The zero-order valence-electron chi connectivity index (χ0n) is 6.88. The molecule has 0 saturated carbocycles. The molecule has 1 nitrogen and oxygen atoms in total. The monoisotopic (exact) mass is 189 g/mol. The number of hydrogen-bond acceptors (Lipinski definition) is 3. The highest BCUT2D eigenvalue weighted by Gasteiger charge is 2.20. The quantitative estimate of drug-likeness (QED) is 0.678. The third-order valence-corrected chi connectivity index (χ3v) is 4.71. The van der Waals surface area contributed by atoms with Crippen LogP contribution in [0.1, 0.15) is 0 Å². The van der Waals surface area contributed by atoms with Crippen molar-refractivity contribution in [3.8, 4) is 0 Å². The second-order valence-corrected chi connectivity index (χ2v) is 5.03. The highest BCUT2D eigenvalue weighted by molar-refractivity contribution is 8.06. The third-order valence-electron chi connectivity index (χ3n) is 1.83. The number of likely N-dealkylation sites (N-methyl/N-ethyl adjacent to an activating group) is 1. The van der Waals surface area contributed by atoms with E-state index in [2.05, 4.69) is 35.4 Å². The lowest BCUT2D eigenvalue weighted by molar-refractivity contribution is 0.665. The number of rotatable bonds is 3. The van der Waals surface area contributed by atoms with E-state index >= 15 is 0 Å². The van der Waals surface area contributed by atoms with Crippen molar-refractivity contribution in [1.82, 2.24) is 5.32 Å². The molecule has 1 rings (SSSR count).